The predicted molar refractivity (Wildman–Crippen MR) is 156 cm³/mol. The third-order valence-corrected chi connectivity index (χ3v) is 9.66. The molecule has 0 aliphatic heterocycles. The summed E-state index contributed by atoms with van der Waals surface area (Å²) in [6, 6.07) is 7.87. The van der Waals surface area contributed by atoms with Crippen molar-refractivity contribution in [2.75, 3.05) is 6.54 Å². The largest absolute Gasteiger partial charge is 0.506 e. The molecule has 3 atom stereocenters. The van der Waals surface area contributed by atoms with Crippen molar-refractivity contribution in [1.29, 1.82) is 0 Å². The Balaban J connectivity index is 1.68. The van der Waals surface area contributed by atoms with E-state index in [1.807, 2.05) is 37.4 Å². The Morgan fingerprint density at radius 1 is 1.00 bits per heavy atom. The minimum absolute atomic E-state index is 0.244. The minimum atomic E-state index is -0.291. The maximum absolute atomic E-state index is 10.6. The van der Waals surface area contributed by atoms with Crippen molar-refractivity contribution in [3.8, 4) is 11.5 Å². The molecule has 4 nitrogen and oxygen atoms in total. The second-order valence-electron chi connectivity index (χ2n) is 9.69. The van der Waals surface area contributed by atoms with Crippen LogP contribution in [0.1, 0.15) is 49.8 Å². The molecule has 0 heterocycles. The summed E-state index contributed by atoms with van der Waals surface area (Å²) in [5.74, 6) is 1.78. The Morgan fingerprint density at radius 3 is 2.31 bits per heavy atom. The van der Waals surface area contributed by atoms with Crippen LogP contribution >= 0.6 is 67.8 Å². The van der Waals surface area contributed by atoms with Crippen molar-refractivity contribution in [3.63, 3.8) is 0 Å². The van der Waals surface area contributed by atoms with Gasteiger partial charge in [-0.1, -0.05) is 13.8 Å². The summed E-state index contributed by atoms with van der Waals surface area (Å²) < 4.78 is 2.74. The van der Waals surface area contributed by atoms with Gasteiger partial charge < -0.3 is 10.2 Å². The van der Waals surface area contributed by atoms with Gasteiger partial charge in [0.2, 0.25) is 0 Å². The molecule has 5 rings (SSSR count). The highest BCUT2D eigenvalue weighted by molar-refractivity contribution is 14.1. The van der Waals surface area contributed by atoms with E-state index in [2.05, 4.69) is 81.6 Å². The van der Waals surface area contributed by atoms with E-state index in [0.29, 0.717) is 18.2 Å². The fourth-order valence-electron chi connectivity index (χ4n) is 5.45. The van der Waals surface area contributed by atoms with Crippen LogP contribution in [-0.4, -0.2) is 34.7 Å². The van der Waals surface area contributed by atoms with Crippen molar-refractivity contribution in [2.45, 2.75) is 45.6 Å². The third kappa shape index (κ3) is 4.58. The predicted octanol–water partition coefficient (Wildman–Crippen LogP) is 6.95. The van der Waals surface area contributed by atoms with Crippen LogP contribution in [-0.2, 0) is 0 Å². The molecule has 7 heteroatoms. The molecular formula is C25H27I3N2O2. The zero-order chi connectivity index (χ0) is 23.3. The maximum Gasteiger partial charge on any atom is 0.137 e. The van der Waals surface area contributed by atoms with Crippen molar-refractivity contribution >= 4 is 80.2 Å². The van der Waals surface area contributed by atoms with Crippen LogP contribution in [0.15, 0.2) is 34.3 Å². The number of aryl methyl sites for hydroxylation is 1. The van der Waals surface area contributed by atoms with Crippen molar-refractivity contribution in [3.05, 3.63) is 51.7 Å². The highest BCUT2D eigenvalue weighted by atomic mass is 127. The first-order chi connectivity index (χ1) is 15.0. The van der Waals surface area contributed by atoms with Crippen LogP contribution in [0.25, 0.3) is 0 Å². The van der Waals surface area contributed by atoms with Gasteiger partial charge in [0, 0.05) is 27.1 Å². The lowest BCUT2D eigenvalue weighted by atomic mass is 9.43. The summed E-state index contributed by atoms with van der Waals surface area (Å²) in [5.41, 5.74) is 2.57. The number of rotatable bonds is 5. The van der Waals surface area contributed by atoms with Gasteiger partial charge in [-0.15, -0.1) is 0 Å². The molecule has 2 N–H and O–H groups in total. The van der Waals surface area contributed by atoms with Crippen molar-refractivity contribution in [2.24, 2.45) is 27.2 Å². The number of aromatic hydroxyl groups is 2. The van der Waals surface area contributed by atoms with Gasteiger partial charge in [-0.3, -0.25) is 9.98 Å². The topological polar surface area (TPSA) is 65.2 Å². The smallest absolute Gasteiger partial charge is 0.137 e. The van der Waals surface area contributed by atoms with E-state index in [1.54, 1.807) is 6.21 Å². The molecule has 3 aliphatic carbocycles. The number of nitrogens with zero attached hydrogens (tertiary/aromatic N) is 2. The molecule has 32 heavy (non-hydrogen) atoms. The van der Waals surface area contributed by atoms with Gasteiger partial charge in [0.25, 0.3) is 0 Å². The van der Waals surface area contributed by atoms with E-state index in [-0.39, 0.29) is 16.7 Å². The lowest BCUT2D eigenvalue weighted by Crippen LogP contribution is -2.61. The summed E-state index contributed by atoms with van der Waals surface area (Å²) in [7, 11) is 0. The first-order valence-corrected chi connectivity index (χ1v) is 14.0. The number of halogens is 3. The standard InChI is InChI=1S/C25H27I3N2O2/c1-14-6-15(22(31)19(27)7-14)12-30-25(5-4-17-9-21(25)24(17,2)3)13-29-11-16-8-18(26)10-20(28)23(16)32/h6-8,10-12,17,21,31-32H,4-5,9,13H2,1-3H3/t17-,21?,25?/m1/s1. The van der Waals surface area contributed by atoms with E-state index in [4.69, 9.17) is 9.98 Å². The fraction of sp³-hybridized carbons (Fsp3) is 0.440. The average molecular weight is 768 g/mol. The number of benzene rings is 2. The van der Waals surface area contributed by atoms with Crippen LogP contribution in [0.2, 0.25) is 0 Å². The summed E-state index contributed by atoms with van der Waals surface area (Å²) in [6.45, 7) is 7.34. The van der Waals surface area contributed by atoms with Gasteiger partial charge in [-0.05, 0) is 141 Å². The van der Waals surface area contributed by atoms with Crippen LogP contribution < -0.4 is 0 Å². The summed E-state index contributed by atoms with van der Waals surface area (Å²) in [5, 5.41) is 21.0. The molecule has 2 aromatic carbocycles. The SMILES string of the molecule is Cc1cc(I)c(O)c(C=NC2(CN=Cc3cc(I)cc(I)c3O)CC[C@@H]3CC2C3(C)C)c1. The highest BCUT2D eigenvalue weighted by Crippen LogP contribution is 2.64. The van der Waals surface area contributed by atoms with Gasteiger partial charge in [0.05, 0.1) is 19.2 Å². The van der Waals surface area contributed by atoms with Gasteiger partial charge >= 0.3 is 0 Å². The number of hydrogen-bond donors (Lipinski definition) is 2. The normalized spacial score (nSPS) is 26.6. The number of fused-ring (bicyclic) bond motifs is 2. The van der Waals surface area contributed by atoms with E-state index in [1.165, 1.54) is 6.42 Å². The van der Waals surface area contributed by atoms with Crippen molar-refractivity contribution in [1.82, 2.24) is 0 Å². The molecule has 170 valence electrons. The molecule has 0 saturated heterocycles. The number of phenolic OH excluding ortho intramolecular Hbond substituents is 2. The second kappa shape index (κ2) is 9.31. The summed E-state index contributed by atoms with van der Waals surface area (Å²) in [6.07, 6.45) is 6.99. The van der Waals surface area contributed by atoms with Gasteiger partial charge in [0.15, 0.2) is 0 Å². The van der Waals surface area contributed by atoms with Crippen molar-refractivity contribution < 1.29 is 10.2 Å². The second-order valence-corrected chi connectivity index (χ2v) is 13.3. The van der Waals surface area contributed by atoms with E-state index < -0.39 is 0 Å². The van der Waals surface area contributed by atoms with Crippen LogP contribution in [0.4, 0.5) is 0 Å². The lowest BCUT2D eigenvalue weighted by Gasteiger charge is -2.63. The summed E-state index contributed by atoms with van der Waals surface area (Å²) >= 11 is 6.58. The molecule has 2 aromatic rings. The van der Waals surface area contributed by atoms with E-state index >= 15 is 0 Å². The molecule has 0 amide bonds. The minimum Gasteiger partial charge on any atom is -0.506 e. The zero-order valence-electron chi connectivity index (χ0n) is 18.4. The van der Waals surface area contributed by atoms with Crippen LogP contribution in [0.5, 0.6) is 11.5 Å². The first kappa shape index (κ1) is 24.7. The first-order valence-electron chi connectivity index (χ1n) is 10.8. The van der Waals surface area contributed by atoms with Crippen LogP contribution in [0.3, 0.4) is 0 Å². The quantitative estimate of drug-likeness (QED) is 0.256. The monoisotopic (exact) mass is 768 g/mol. The highest BCUT2D eigenvalue weighted by Gasteiger charge is 2.61. The molecule has 2 unspecified atom stereocenters. The number of aliphatic imine (C=N–C) groups is 2. The number of phenols is 2. The molecule has 3 fully saturated rings. The zero-order valence-corrected chi connectivity index (χ0v) is 24.8. The molecule has 0 aromatic heterocycles. The third-order valence-electron chi connectivity index (χ3n) is 7.40. The lowest BCUT2D eigenvalue weighted by molar-refractivity contribution is -0.112. The summed E-state index contributed by atoms with van der Waals surface area (Å²) in [4.78, 5) is 9.99. The number of hydrogen-bond acceptors (Lipinski definition) is 4. The molecular weight excluding hydrogens is 741 g/mol. The van der Waals surface area contributed by atoms with E-state index in [0.717, 1.165) is 46.2 Å². The molecule has 2 bridgehead atoms. The molecule has 3 saturated carbocycles. The Labute approximate surface area is 230 Å². The molecule has 0 radical (unpaired) electrons. The van der Waals surface area contributed by atoms with Gasteiger partial charge in [-0.2, -0.15) is 0 Å². The maximum atomic E-state index is 10.6. The van der Waals surface area contributed by atoms with E-state index in [9.17, 15) is 10.2 Å². The molecule has 0 spiro atoms. The average Bonchev–Trinajstić information content (AvgIpc) is 2.73. The Bertz CT molecular complexity index is 1110. The van der Waals surface area contributed by atoms with Crippen LogP contribution in [0, 0.1) is 34.9 Å². The molecule has 3 aliphatic rings. The fourth-order valence-corrected chi connectivity index (χ4v) is 8.14. The Kier molecular flexibility index (Phi) is 7.19. The Morgan fingerprint density at radius 2 is 1.66 bits per heavy atom. The van der Waals surface area contributed by atoms with Gasteiger partial charge in [0.1, 0.15) is 11.5 Å². The Hall–Kier alpha value is -0.430. The van der Waals surface area contributed by atoms with Gasteiger partial charge in [-0.25, -0.2) is 0 Å².